The Labute approximate surface area is 126 Å². The van der Waals surface area contributed by atoms with Crippen LogP contribution in [0.25, 0.3) is 0 Å². The van der Waals surface area contributed by atoms with E-state index < -0.39 is 0 Å². The van der Waals surface area contributed by atoms with Gasteiger partial charge in [0, 0.05) is 26.2 Å². The van der Waals surface area contributed by atoms with Crippen LogP contribution in [0.2, 0.25) is 0 Å². The van der Waals surface area contributed by atoms with E-state index in [1.165, 1.54) is 12.8 Å². The summed E-state index contributed by atoms with van der Waals surface area (Å²) in [7, 11) is 2.15. The van der Waals surface area contributed by atoms with E-state index in [1.807, 2.05) is 4.90 Å². The van der Waals surface area contributed by atoms with Crippen LogP contribution >= 0.6 is 0 Å². The maximum Gasteiger partial charge on any atom is 0.253 e. The summed E-state index contributed by atoms with van der Waals surface area (Å²) in [5.41, 5.74) is 0.813. The first-order valence-electron chi connectivity index (χ1n) is 8.12. The molecule has 1 atom stereocenters. The molecule has 0 bridgehead atoms. The van der Waals surface area contributed by atoms with Gasteiger partial charge in [-0.1, -0.05) is 0 Å². The molecular weight excluding hydrogens is 268 g/mol. The lowest BCUT2D eigenvalue weighted by atomic mass is 10.1. The highest BCUT2D eigenvalue weighted by Crippen LogP contribution is 2.29. The molecule has 1 aliphatic carbocycles. The van der Waals surface area contributed by atoms with Crippen LogP contribution in [0.3, 0.4) is 0 Å². The van der Waals surface area contributed by atoms with E-state index in [-0.39, 0.29) is 12.0 Å². The standard InChI is InChI=1S/C16H26N2O3/c1-17(9-13-4-5-13)10-15-11-18(6-8-21-15)16(19)14-3-2-7-20-12-14/h12-13,15H,2-11H2,1H3/t15-/m1/s1. The average molecular weight is 294 g/mol. The molecule has 0 N–H and O–H groups in total. The van der Waals surface area contributed by atoms with Crippen LogP contribution in [0.5, 0.6) is 0 Å². The molecule has 0 spiro atoms. The minimum absolute atomic E-state index is 0.132. The van der Waals surface area contributed by atoms with Crippen molar-refractivity contribution < 1.29 is 14.3 Å². The van der Waals surface area contributed by atoms with Gasteiger partial charge in [0.25, 0.3) is 5.91 Å². The van der Waals surface area contributed by atoms with Crippen LogP contribution in [-0.4, -0.2) is 68.3 Å². The molecule has 0 radical (unpaired) electrons. The summed E-state index contributed by atoms with van der Waals surface area (Å²) < 4.78 is 11.1. The van der Waals surface area contributed by atoms with Crippen molar-refractivity contribution in [1.82, 2.24) is 9.80 Å². The number of hydrogen-bond donors (Lipinski definition) is 0. The van der Waals surface area contributed by atoms with Gasteiger partial charge in [-0.2, -0.15) is 0 Å². The first-order valence-corrected chi connectivity index (χ1v) is 8.12. The molecule has 5 heteroatoms. The molecule has 21 heavy (non-hydrogen) atoms. The van der Waals surface area contributed by atoms with Crippen molar-refractivity contribution in [2.75, 3.05) is 46.4 Å². The van der Waals surface area contributed by atoms with Crippen LogP contribution in [0, 0.1) is 5.92 Å². The highest BCUT2D eigenvalue weighted by molar-refractivity contribution is 5.93. The lowest BCUT2D eigenvalue weighted by Crippen LogP contribution is -2.49. The second kappa shape index (κ2) is 6.79. The zero-order valence-electron chi connectivity index (χ0n) is 12.9. The maximum absolute atomic E-state index is 12.5. The van der Waals surface area contributed by atoms with Crippen LogP contribution in [0.1, 0.15) is 25.7 Å². The molecule has 0 aromatic rings. The number of amides is 1. The van der Waals surface area contributed by atoms with Gasteiger partial charge in [-0.05, 0) is 38.6 Å². The third-order valence-corrected chi connectivity index (χ3v) is 4.42. The van der Waals surface area contributed by atoms with Crippen molar-refractivity contribution in [2.45, 2.75) is 31.8 Å². The Bertz CT molecular complexity index is 406. The van der Waals surface area contributed by atoms with Gasteiger partial charge >= 0.3 is 0 Å². The smallest absolute Gasteiger partial charge is 0.253 e. The summed E-state index contributed by atoms with van der Waals surface area (Å²) in [5.74, 6) is 1.02. The van der Waals surface area contributed by atoms with Crippen LogP contribution in [0.4, 0.5) is 0 Å². The van der Waals surface area contributed by atoms with E-state index in [0.717, 1.165) is 44.0 Å². The lowest BCUT2D eigenvalue weighted by molar-refractivity contribution is -0.135. The number of rotatable bonds is 5. The third kappa shape index (κ3) is 4.20. The number of carbonyl (C=O) groups is 1. The Morgan fingerprint density at radius 3 is 2.95 bits per heavy atom. The Morgan fingerprint density at radius 2 is 2.24 bits per heavy atom. The molecule has 3 aliphatic rings. The molecule has 3 rings (SSSR count). The summed E-state index contributed by atoms with van der Waals surface area (Å²) in [6, 6.07) is 0. The molecule has 2 aliphatic heterocycles. The summed E-state index contributed by atoms with van der Waals surface area (Å²) >= 11 is 0. The fourth-order valence-corrected chi connectivity index (χ4v) is 3.10. The summed E-state index contributed by atoms with van der Waals surface area (Å²) in [5, 5.41) is 0. The van der Waals surface area contributed by atoms with Crippen molar-refractivity contribution in [3.8, 4) is 0 Å². The van der Waals surface area contributed by atoms with Crippen LogP contribution < -0.4 is 0 Å². The van der Waals surface area contributed by atoms with Gasteiger partial charge in [0.2, 0.25) is 0 Å². The van der Waals surface area contributed by atoms with Crippen molar-refractivity contribution >= 4 is 5.91 Å². The van der Waals surface area contributed by atoms with E-state index >= 15 is 0 Å². The number of likely N-dealkylation sites (N-methyl/N-ethyl adjacent to an activating group) is 1. The van der Waals surface area contributed by atoms with Gasteiger partial charge in [0.1, 0.15) is 0 Å². The molecule has 2 fully saturated rings. The van der Waals surface area contributed by atoms with Crippen LogP contribution in [0.15, 0.2) is 11.8 Å². The van der Waals surface area contributed by atoms with E-state index in [2.05, 4.69) is 11.9 Å². The molecule has 5 nitrogen and oxygen atoms in total. The minimum atomic E-state index is 0.132. The Hall–Kier alpha value is -1.07. The number of nitrogens with zero attached hydrogens (tertiary/aromatic N) is 2. The molecule has 0 aromatic heterocycles. The van der Waals surface area contributed by atoms with Gasteiger partial charge in [0.15, 0.2) is 0 Å². The maximum atomic E-state index is 12.5. The summed E-state index contributed by atoms with van der Waals surface area (Å²) in [6.07, 6.45) is 6.30. The predicted octanol–water partition coefficient (Wildman–Crippen LogP) is 1.25. The average Bonchev–Trinajstić information content (AvgIpc) is 3.31. The van der Waals surface area contributed by atoms with Gasteiger partial charge < -0.3 is 19.3 Å². The molecule has 2 heterocycles. The van der Waals surface area contributed by atoms with E-state index in [4.69, 9.17) is 9.47 Å². The number of carbonyl (C=O) groups excluding carboxylic acids is 1. The molecule has 0 aromatic carbocycles. The first-order chi connectivity index (χ1) is 10.2. The normalized spacial score (nSPS) is 26.5. The molecule has 1 amide bonds. The number of ether oxygens (including phenoxy) is 2. The van der Waals surface area contributed by atoms with Gasteiger partial charge in [0.05, 0.1) is 31.2 Å². The Balaban J connectivity index is 1.49. The Kier molecular flexibility index (Phi) is 4.80. The molecule has 118 valence electrons. The summed E-state index contributed by atoms with van der Waals surface area (Å²) in [4.78, 5) is 16.8. The van der Waals surface area contributed by atoms with Crippen molar-refractivity contribution in [3.05, 3.63) is 11.8 Å². The second-order valence-corrected chi connectivity index (χ2v) is 6.53. The second-order valence-electron chi connectivity index (χ2n) is 6.53. The molecule has 0 unspecified atom stereocenters. The number of morpholine rings is 1. The fraction of sp³-hybridized carbons (Fsp3) is 0.812. The van der Waals surface area contributed by atoms with E-state index in [1.54, 1.807) is 6.26 Å². The SMILES string of the molecule is CN(CC1CC1)C[C@@H]1CN(C(=O)C2=COCCC2)CCO1. The van der Waals surface area contributed by atoms with E-state index in [9.17, 15) is 4.79 Å². The topological polar surface area (TPSA) is 42.0 Å². The summed E-state index contributed by atoms with van der Waals surface area (Å²) in [6.45, 7) is 4.84. The van der Waals surface area contributed by atoms with Gasteiger partial charge in [-0.25, -0.2) is 0 Å². The van der Waals surface area contributed by atoms with Crippen molar-refractivity contribution in [2.24, 2.45) is 5.92 Å². The zero-order chi connectivity index (χ0) is 14.7. The third-order valence-electron chi connectivity index (χ3n) is 4.42. The molecular formula is C16H26N2O3. The number of hydrogen-bond acceptors (Lipinski definition) is 4. The quantitative estimate of drug-likeness (QED) is 0.765. The van der Waals surface area contributed by atoms with E-state index in [0.29, 0.717) is 19.7 Å². The van der Waals surface area contributed by atoms with Crippen molar-refractivity contribution in [1.29, 1.82) is 0 Å². The fourth-order valence-electron chi connectivity index (χ4n) is 3.10. The monoisotopic (exact) mass is 294 g/mol. The molecule has 1 saturated carbocycles. The lowest BCUT2D eigenvalue weighted by Gasteiger charge is -2.35. The highest BCUT2D eigenvalue weighted by atomic mass is 16.5. The van der Waals surface area contributed by atoms with Crippen molar-refractivity contribution in [3.63, 3.8) is 0 Å². The molecule has 1 saturated heterocycles. The highest BCUT2D eigenvalue weighted by Gasteiger charge is 2.29. The predicted molar refractivity (Wildman–Crippen MR) is 79.8 cm³/mol. The van der Waals surface area contributed by atoms with Gasteiger partial charge in [-0.15, -0.1) is 0 Å². The van der Waals surface area contributed by atoms with Gasteiger partial charge in [-0.3, -0.25) is 4.79 Å². The first kappa shape index (κ1) is 14.9. The zero-order valence-corrected chi connectivity index (χ0v) is 12.9. The minimum Gasteiger partial charge on any atom is -0.501 e. The van der Waals surface area contributed by atoms with Crippen LogP contribution in [-0.2, 0) is 14.3 Å². The Morgan fingerprint density at radius 1 is 1.38 bits per heavy atom. The largest absolute Gasteiger partial charge is 0.501 e.